The molecule has 0 saturated carbocycles. The van der Waals surface area contributed by atoms with Crippen molar-refractivity contribution in [3.8, 4) is 0 Å². The maximum absolute atomic E-state index is 12.8. The number of hydrogen-bond donors (Lipinski definition) is 1. The fourth-order valence-corrected chi connectivity index (χ4v) is 6.33. The highest BCUT2D eigenvalue weighted by molar-refractivity contribution is 7.94. The fraction of sp³-hybridized carbons (Fsp3) is 0.435. The van der Waals surface area contributed by atoms with Crippen LogP contribution >= 0.6 is 0 Å². The molecule has 0 spiro atoms. The Hall–Kier alpha value is -2.82. The van der Waals surface area contributed by atoms with E-state index in [-0.39, 0.29) is 23.4 Å². The van der Waals surface area contributed by atoms with Gasteiger partial charge in [0.1, 0.15) is 0 Å². The van der Waals surface area contributed by atoms with Gasteiger partial charge in [0.15, 0.2) is 0 Å². The minimum Gasteiger partial charge on any atom is -0.379 e. The summed E-state index contributed by atoms with van der Waals surface area (Å²) in [5, 5.41) is 2.97. The number of sulfonamides is 1. The Morgan fingerprint density at radius 3 is 2.45 bits per heavy atom. The van der Waals surface area contributed by atoms with E-state index in [4.69, 9.17) is 4.74 Å². The lowest BCUT2D eigenvalue weighted by Gasteiger charge is -2.34. The van der Waals surface area contributed by atoms with E-state index in [0.717, 1.165) is 23.0 Å². The van der Waals surface area contributed by atoms with Crippen LogP contribution in [0, 0.1) is 5.41 Å². The second-order valence-corrected chi connectivity index (χ2v) is 10.7. The molecule has 0 radical (unpaired) electrons. The molecule has 3 heterocycles. The summed E-state index contributed by atoms with van der Waals surface area (Å²) in [6.07, 6.45) is 3.52. The second kappa shape index (κ2) is 9.20. The molecule has 10 heteroatoms. The average Bonchev–Trinajstić information content (AvgIpc) is 2.97. The van der Waals surface area contributed by atoms with Gasteiger partial charge in [0.25, 0.3) is 5.91 Å². The normalized spacial score (nSPS) is 21.0. The number of nitrogens with zero attached hydrogens (tertiary/aromatic N) is 3. The number of nitrogens with one attached hydrogen (secondary N) is 1. The standard InChI is InChI=1S/C23H28N4O5S/c1-23(2)16-33(30,31)27(22(23)29)19-7-5-17(6-8-19)21(28)25-15-20(18-4-3-9-24-14-18)26-10-12-32-13-11-26/h3-9,14,20H,10-13,15-16H2,1-2H3,(H,25,28). The molecule has 2 aliphatic rings. The van der Waals surface area contributed by atoms with Crippen molar-refractivity contribution >= 4 is 27.5 Å². The highest BCUT2D eigenvalue weighted by atomic mass is 32.2. The van der Waals surface area contributed by atoms with Crippen LogP contribution in [-0.4, -0.2) is 68.7 Å². The van der Waals surface area contributed by atoms with E-state index >= 15 is 0 Å². The Bertz CT molecular complexity index is 1110. The fourth-order valence-electron chi connectivity index (χ4n) is 4.22. The number of ether oxygens (including phenoxy) is 1. The van der Waals surface area contributed by atoms with E-state index in [9.17, 15) is 18.0 Å². The number of anilines is 1. The average molecular weight is 473 g/mol. The minimum absolute atomic E-state index is 0.0413. The van der Waals surface area contributed by atoms with Crippen molar-refractivity contribution in [1.82, 2.24) is 15.2 Å². The lowest BCUT2D eigenvalue weighted by atomic mass is 9.95. The number of hydrogen-bond acceptors (Lipinski definition) is 7. The first kappa shape index (κ1) is 23.3. The van der Waals surface area contributed by atoms with Crippen LogP contribution in [-0.2, 0) is 19.6 Å². The highest BCUT2D eigenvalue weighted by Crippen LogP contribution is 2.35. The number of carbonyl (C=O) groups excluding carboxylic acids is 2. The van der Waals surface area contributed by atoms with Crippen molar-refractivity contribution < 1.29 is 22.7 Å². The van der Waals surface area contributed by atoms with Gasteiger partial charge in [-0.15, -0.1) is 0 Å². The smallest absolute Gasteiger partial charge is 0.251 e. The lowest BCUT2D eigenvalue weighted by Crippen LogP contribution is -2.43. The molecule has 1 atom stereocenters. The van der Waals surface area contributed by atoms with Gasteiger partial charge >= 0.3 is 0 Å². The molecule has 2 amide bonds. The van der Waals surface area contributed by atoms with Crippen LogP contribution in [0.2, 0.25) is 0 Å². The monoisotopic (exact) mass is 472 g/mol. The number of rotatable bonds is 6. The Kier molecular flexibility index (Phi) is 6.51. The summed E-state index contributed by atoms with van der Waals surface area (Å²) >= 11 is 0. The molecule has 176 valence electrons. The third-order valence-corrected chi connectivity index (χ3v) is 7.98. The maximum atomic E-state index is 12.8. The topological polar surface area (TPSA) is 109 Å². The second-order valence-electron chi connectivity index (χ2n) is 8.92. The Balaban J connectivity index is 1.46. The van der Waals surface area contributed by atoms with Crippen LogP contribution in [0.5, 0.6) is 0 Å². The van der Waals surface area contributed by atoms with Gasteiger partial charge in [0, 0.05) is 37.6 Å². The number of carbonyl (C=O) groups is 2. The van der Waals surface area contributed by atoms with Gasteiger partial charge in [-0.1, -0.05) is 6.07 Å². The van der Waals surface area contributed by atoms with Gasteiger partial charge in [-0.05, 0) is 49.7 Å². The highest BCUT2D eigenvalue weighted by Gasteiger charge is 2.49. The first-order valence-corrected chi connectivity index (χ1v) is 12.5. The number of benzene rings is 1. The van der Waals surface area contributed by atoms with Crippen molar-refractivity contribution in [1.29, 1.82) is 0 Å². The van der Waals surface area contributed by atoms with Crippen LogP contribution in [0.15, 0.2) is 48.8 Å². The lowest BCUT2D eigenvalue weighted by molar-refractivity contribution is -0.123. The predicted molar refractivity (Wildman–Crippen MR) is 123 cm³/mol. The molecule has 33 heavy (non-hydrogen) atoms. The first-order chi connectivity index (χ1) is 15.7. The SMILES string of the molecule is CC1(C)CS(=O)(=O)N(c2ccc(C(=O)NCC(c3cccnc3)N3CCOCC3)cc2)C1=O. The number of morpholine rings is 1. The van der Waals surface area contributed by atoms with Crippen molar-refractivity contribution in [2.45, 2.75) is 19.9 Å². The van der Waals surface area contributed by atoms with Crippen LogP contribution in [0.3, 0.4) is 0 Å². The molecule has 1 unspecified atom stereocenters. The predicted octanol–water partition coefficient (Wildman–Crippen LogP) is 1.59. The van der Waals surface area contributed by atoms with E-state index in [1.165, 1.54) is 24.3 Å². The third-order valence-electron chi connectivity index (χ3n) is 5.96. The summed E-state index contributed by atoms with van der Waals surface area (Å²) in [5.74, 6) is -0.984. The minimum atomic E-state index is -3.73. The van der Waals surface area contributed by atoms with Gasteiger partial charge in [-0.3, -0.25) is 19.5 Å². The van der Waals surface area contributed by atoms with Gasteiger partial charge in [-0.2, -0.15) is 0 Å². The molecule has 0 bridgehead atoms. The van der Waals surface area contributed by atoms with Gasteiger partial charge in [0.2, 0.25) is 15.9 Å². The Morgan fingerprint density at radius 1 is 1.18 bits per heavy atom. The Labute approximate surface area is 193 Å². The largest absolute Gasteiger partial charge is 0.379 e. The summed E-state index contributed by atoms with van der Waals surface area (Å²) in [6.45, 7) is 6.42. The molecule has 1 aromatic heterocycles. The Morgan fingerprint density at radius 2 is 1.88 bits per heavy atom. The van der Waals surface area contributed by atoms with E-state index in [1.807, 2.05) is 12.1 Å². The van der Waals surface area contributed by atoms with Crippen molar-refractivity contribution in [2.75, 3.05) is 42.9 Å². The van der Waals surface area contributed by atoms with Crippen LogP contribution in [0.1, 0.15) is 35.8 Å². The maximum Gasteiger partial charge on any atom is 0.251 e. The van der Waals surface area contributed by atoms with Gasteiger partial charge < -0.3 is 10.1 Å². The molecule has 9 nitrogen and oxygen atoms in total. The first-order valence-electron chi connectivity index (χ1n) is 10.9. The van der Waals surface area contributed by atoms with Gasteiger partial charge in [-0.25, -0.2) is 12.7 Å². The van der Waals surface area contributed by atoms with Crippen molar-refractivity contribution in [2.24, 2.45) is 5.41 Å². The summed E-state index contributed by atoms with van der Waals surface area (Å²) in [4.78, 5) is 31.9. The quantitative estimate of drug-likeness (QED) is 0.680. The molecule has 2 saturated heterocycles. The molecular weight excluding hydrogens is 444 g/mol. The van der Waals surface area contributed by atoms with Crippen LogP contribution in [0.4, 0.5) is 5.69 Å². The van der Waals surface area contributed by atoms with Crippen LogP contribution < -0.4 is 9.62 Å². The van der Waals surface area contributed by atoms with Crippen molar-refractivity contribution in [3.05, 3.63) is 59.9 Å². The molecule has 1 N–H and O–H groups in total. The molecular formula is C23H28N4O5S. The summed E-state index contributed by atoms with van der Waals surface area (Å²) < 4.78 is 31.2. The summed E-state index contributed by atoms with van der Waals surface area (Å²) in [7, 11) is -3.73. The number of amides is 2. The molecule has 2 aliphatic heterocycles. The summed E-state index contributed by atoms with van der Waals surface area (Å²) in [6, 6.07) is 9.87. The molecule has 4 rings (SSSR count). The van der Waals surface area contributed by atoms with Crippen LogP contribution in [0.25, 0.3) is 0 Å². The zero-order chi connectivity index (χ0) is 23.6. The zero-order valence-electron chi connectivity index (χ0n) is 18.7. The molecule has 2 aromatic rings. The zero-order valence-corrected chi connectivity index (χ0v) is 19.5. The summed E-state index contributed by atoms with van der Waals surface area (Å²) in [5.41, 5.74) is 0.656. The molecule has 0 aliphatic carbocycles. The van der Waals surface area contributed by atoms with Crippen molar-refractivity contribution in [3.63, 3.8) is 0 Å². The number of aromatic nitrogens is 1. The van der Waals surface area contributed by atoms with E-state index < -0.39 is 21.3 Å². The van der Waals surface area contributed by atoms with E-state index in [2.05, 4.69) is 15.2 Å². The molecule has 2 fully saturated rings. The van der Waals surface area contributed by atoms with E-state index in [0.29, 0.717) is 25.3 Å². The number of pyridine rings is 1. The molecule has 1 aromatic carbocycles. The van der Waals surface area contributed by atoms with E-state index in [1.54, 1.807) is 26.2 Å². The third kappa shape index (κ3) is 4.92. The van der Waals surface area contributed by atoms with Gasteiger partial charge in [0.05, 0.1) is 36.1 Å².